The van der Waals surface area contributed by atoms with E-state index < -0.39 is 11.9 Å². The summed E-state index contributed by atoms with van der Waals surface area (Å²) in [6.07, 6.45) is 0.574. The summed E-state index contributed by atoms with van der Waals surface area (Å²) in [5.74, 6) is 1.04. The van der Waals surface area contributed by atoms with Crippen LogP contribution in [0.1, 0.15) is 22.0 Å². The Hall–Kier alpha value is -3.26. The maximum absolute atomic E-state index is 12.6. The molecule has 0 unspecified atom stereocenters. The van der Waals surface area contributed by atoms with E-state index in [0.717, 1.165) is 17.0 Å². The first kappa shape index (κ1) is 18.1. The number of H-pyrrole nitrogens is 1. The molecule has 0 bridgehead atoms. The highest BCUT2D eigenvalue weighted by atomic mass is 32.1. The summed E-state index contributed by atoms with van der Waals surface area (Å²) < 4.78 is 5.83. The summed E-state index contributed by atoms with van der Waals surface area (Å²) in [6.45, 7) is 0.243. The first-order chi connectivity index (χ1) is 13.6. The molecule has 2 aromatic carbocycles. The number of likely N-dealkylation sites (N-methyl/N-ethyl adjacent to an activating group) is 1. The molecule has 3 aromatic rings. The molecule has 0 spiro atoms. The van der Waals surface area contributed by atoms with E-state index in [-0.39, 0.29) is 12.4 Å². The van der Waals surface area contributed by atoms with Gasteiger partial charge in [0.2, 0.25) is 5.82 Å². The van der Waals surface area contributed by atoms with Crippen molar-refractivity contribution in [2.45, 2.75) is 12.5 Å². The van der Waals surface area contributed by atoms with Crippen LogP contribution < -0.4 is 15.0 Å². The fourth-order valence-corrected chi connectivity index (χ4v) is 3.27. The van der Waals surface area contributed by atoms with Crippen molar-refractivity contribution >= 4 is 28.8 Å². The van der Waals surface area contributed by atoms with Crippen LogP contribution in [0.15, 0.2) is 54.6 Å². The molecular weight excluding hydrogens is 374 g/mol. The number of aromatic amines is 1. The SMILES string of the molecule is CN1C(=S)[C@@H](NC(=O)c2n[nH]c(Cc3ccccc3)n2)COc2ccccc21. The minimum Gasteiger partial charge on any atom is -0.489 e. The topological polar surface area (TPSA) is 83.1 Å². The van der Waals surface area contributed by atoms with Crippen LogP contribution in [0.5, 0.6) is 5.75 Å². The molecular formula is C20H19N5O2S. The zero-order chi connectivity index (χ0) is 19.5. The predicted octanol–water partition coefficient (Wildman–Crippen LogP) is 2.35. The van der Waals surface area contributed by atoms with Gasteiger partial charge < -0.3 is 15.0 Å². The van der Waals surface area contributed by atoms with E-state index in [1.54, 1.807) is 0 Å². The number of carbonyl (C=O) groups is 1. The normalized spacial score (nSPS) is 16.1. The highest BCUT2D eigenvalue weighted by Crippen LogP contribution is 2.30. The summed E-state index contributed by atoms with van der Waals surface area (Å²) in [7, 11) is 1.86. The molecule has 2 N–H and O–H groups in total. The third kappa shape index (κ3) is 3.72. The fourth-order valence-electron chi connectivity index (χ4n) is 3.04. The molecule has 142 valence electrons. The van der Waals surface area contributed by atoms with E-state index in [1.165, 1.54) is 0 Å². The lowest BCUT2D eigenvalue weighted by Crippen LogP contribution is -2.48. The largest absolute Gasteiger partial charge is 0.489 e. The number of fused-ring (bicyclic) bond motifs is 1. The number of nitrogens with one attached hydrogen (secondary N) is 2. The monoisotopic (exact) mass is 393 g/mol. The number of hydrogen-bond acceptors (Lipinski definition) is 5. The van der Waals surface area contributed by atoms with Gasteiger partial charge in [0.25, 0.3) is 5.91 Å². The van der Waals surface area contributed by atoms with Crippen molar-refractivity contribution in [2.24, 2.45) is 0 Å². The number of thiocarbonyl (C=S) groups is 1. The van der Waals surface area contributed by atoms with Crippen molar-refractivity contribution in [2.75, 3.05) is 18.6 Å². The predicted molar refractivity (Wildman–Crippen MR) is 110 cm³/mol. The van der Waals surface area contributed by atoms with Crippen molar-refractivity contribution in [3.8, 4) is 5.75 Å². The van der Waals surface area contributed by atoms with Crippen molar-refractivity contribution in [1.82, 2.24) is 20.5 Å². The molecule has 0 saturated heterocycles. The number of hydrogen-bond donors (Lipinski definition) is 2. The van der Waals surface area contributed by atoms with Crippen LogP contribution in [0.4, 0.5) is 5.69 Å². The molecule has 1 amide bonds. The highest BCUT2D eigenvalue weighted by molar-refractivity contribution is 7.80. The zero-order valence-corrected chi connectivity index (χ0v) is 16.1. The van der Waals surface area contributed by atoms with Crippen LogP contribution in [0.2, 0.25) is 0 Å². The van der Waals surface area contributed by atoms with Gasteiger partial charge in [-0.05, 0) is 17.7 Å². The van der Waals surface area contributed by atoms with Gasteiger partial charge in [0.05, 0.1) is 5.69 Å². The van der Waals surface area contributed by atoms with Crippen LogP contribution in [-0.4, -0.2) is 45.8 Å². The minimum atomic E-state index is -0.462. The second-order valence-electron chi connectivity index (χ2n) is 6.47. The molecule has 0 fully saturated rings. The summed E-state index contributed by atoms with van der Waals surface area (Å²) in [6, 6.07) is 17.0. The molecule has 7 nitrogen and oxygen atoms in total. The van der Waals surface area contributed by atoms with Crippen molar-refractivity contribution in [3.05, 3.63) is 71.8 Å². The van der Waals surface area contributed by atoms with Crippen molar-refractivity contribution in [1.29, 1.82) is 0 Å². The Bertz CT molecular complexity index is 1000. The highest BCUT2D eigenvalue weighted by Gasteiger charge is 2.28. The minimum absolute atomic E-state index is 0.0816. The number of amides is 1. The summed E-state index contributed by atoms with van der Waals surface area (Å²) in [5.41, 5.74) is 1.95. The molecule has 28 heavy (non-hydrogen) atoms. The van der Waals surface area contributed by atoms with Crippen LogP contribution in [0, 0.1) is 0 Å². The lowest BCUT2D eigenvalue weighted by atomic mass is 10.1. The Morgan fingerprint density at radius 2 is 2.00 bits per heavy atom. The Balaban J connectivity index is 1.45. The molecule has 8 heteroatoms. The van der Waals surface area contributed by atoms with E-state index in [1.807, 2.05) is 66.5 Å². The maximum atomic E-state index is 12.6. The molecule has 0 saturated carbocycles. The van der Waals surface area contributed by atoms with Gasteiger partial charge in [0, 0.05) is 13.5 Å². The molecule has 1 aromatic heterocycles. The smallest absolute Gasteiger partial charge is 0.291 e. The number of rotatable bonds is 4. The third-order valence-electron chi connectivity index (χ3n) is 4.52. The van der Waals surface area contributed by atoms with Crippen LogP contribution in [-0.2, 0) is 6.42 Å². The number of aromatic nitrogens is 3. The molecule has 1 aliphatic heterocycles. The van der Waals surface area contributed by atoms with E-state index in [9.17, 15) is 4.79 Å². The molecule has 1 atom stereocenters. The van der Waals surface area contributed by atoms with Crippen LogP contribution in [0.25, 0.3) is 0 Å². The summed E-state index contributed by atoms with van der Waals surface area (Å²) in [4.78, 5) is 19.3. The van der Waals surface area contributed by atoms with Gasteiger partial charge in [-0.1, -0.05) is 54.7 Å². The van der Waals surface area contributed by atoms with Crippen molar-refractivity contribution < 1.29 is 9.53 Å². The van der Waals surface area contributed by atoms with Crippen LogP contribution >= 0.6 is 12.2 Å². The van der Waals surface area contributed by atoms with Gasteiger partial charge >= 0.3 is 0 Å². The number of carbonyl (C=O) groups excluding carboxylic acids is 1. The average molecular weight is 393 g/mol. The standard InChI is InChI=1S/C20H19N5O2S/c1-25-15-9-5-6-10-16(15)27-12-14(20(25)28)21-19(26)18-22-17(23-24-18)11-13-7-3-2-4-8-13/h2-10,14H,11-12H2,1H3,(H,21,26)(H,22,23,24)/t14-/m0/s1. The van der Waals surface area contributed by atoms with Gasteiger partial charge in [-0.15, -0.1) is 5.10 Å². The molecule has 4 rings (SSSR count). The lowest BCUT2D eigenvalue weighted by Gasteiger charge is -2.23. The Labute approximate surface area is 167 Å². The average Bonchev–Trinajstić information content (AvgIpc) is 3.15. The Kier molecular flexibility index (Phi) is 5.03. The number of ether oxygens (including phenoxy) is 1. The molecule has 2 heterocycles. The quantitative estimate of drug-likeness (QED) is 0.662. The van der Waals surface area contributed by atoms with Gasteiger partial charge in [0.1, 0.15) is 29.2 Å². The molecule has 0 radical (unpaired) electrons. The fraction of sp³-hybridized carbons (Fsp3) is 0.200. The number of para-hydroxylation sites is 2. The van der Waals surface area contributed by atoms with Crippen LogP contribution in [0.3, 0.4) is 0 Å². The Morgan fingerprint density at radius 1 is 1.25 bits per heavy atom. The first-order valence-electron chi connectivity index (χ1n) is 8.87. The zero-order valence-electron chi connectivity index (χ0n) is 15.3. The lowest BCUT2D eigenvalue weighted by molar-refractivity contribution is 0.0927. The van der Waals surface area contributed by atoms with Crippen molar-refractivity contribution in [3.63, 3.8) is 0 Å². The summed E-state index contributed by atoms with van der Waals surface area (Å²) >= 11 is 5.56. The van der Waals surface area contributed by atoms with E-state index in [4.69, 9.17) is 17.0 Å². The van der Waals surface area contributed by atoms with E-state index >= 15 is 0 Å². The second kappa shape index (κ2) is 7.77. The second-order valence-corrected chi connectivity index (χ2v) is 6.89. The first-order valence-corrected chi connectivity index (χ1v) is 9.28. The number of anilines is 1. The van der Waals surface area contributed by atoms with Gasteiger partial charge in [-0.3, -0.25) is 9.89 Å². The van der Waals surface area contributed by atoms with Gasteiger partial charge in [-0.2, -0.15) is 0 Å². The number of nitrogens with zero attached hydrogens (tertiary/aromatic N) is 3. The van der Waals surface area contributed by atoms with E-state index in [2.05, 4.69) is 20.5 Å². The van der Waals surface area contributed by atoms with E-state index in [0.29, 0.717) is 17.2 Å². The van der Waals surface area contributed by atoms with Gasteiger partial charge in [0.15, 0.2) is 0 Å². The number of benzene rings is 2. The third-order valence-corrected chi connectivity index (χ3v) is 5.07. The summed E-state index contributed by atoms with van der Waals surface area (Å²) in [5, 5.41) is 9.74. The Morgan fingerprint density at radius 3 is 2.82 bits per heavy atom. The van der Waals surface area contributed by atoms with Gasteiger partial charge in [-0.25, -0.2) is 4.98 Å². The molecule has 0 aliphatic carbocycles. The maximum Gasteiger partial charge on any atom is 0.291 e. The molecule has 1 aliphatic rings.